The number of nitrogens with one attached hydrogen (secondary N) is 1. The van der Waals surface area contributed by atoms with Gasteiger partial charge in [0.05, 0.1) is 17.1 Å². The predicted molar refractivity (Wildman–Crippen MR) is 109 cm³/mol. The number of ether oxygens (including phenoxy) is 1. The Kier molecular flexibility index (Phi) is 6.56. The molecule has 0 saturated carbocycles. The molecule has 2 unspecified atom stereocenters. The van der Waals surface area contributed by atoms with Crippen LogP contribution in [0.25, 0.3) is 0 Å². The Morgan fingerprint density at radius 2 is 1.79 bits per heavy atom. The number of sulfonamides is 1. The van der Waals surface area contributed by atoms with E-state index in [0.29, 0.717) is 31.6 Å². The Morgan fingerprint density at radius 3 is 2.41 bits per heavy atom. The molecule has 0 bridgehead atoms. The van der Waals surface area contributed by atoms with E-state index < -0.39 is 10.0 Å². The highest BCUT2D eigenvalue weighted by molar-refractivity contribution is 7.89. The predicted octanol–water partition coefficient (Wildman–Crippen LogP) is 2.16. The fraction of sp³-hybridized carbons (Fsp3) is 0.381. The number of rotatable bonds is 6. The highest BCUT2D eigenvalue weighted by Gasteiger charge is 2.32. The molecule has 156 valence electrons. The van der Waals surface area contributed by atoms with Crippen LogP contribution >= 0.6 is 0 Å². The van der Waals surface area contributed by atoms with Gasteiger partial charge >= 0.3 is 0 Å². The summed E-state index contributed by atoms with van der Waals surface area (Å²) in [5.74, 6) is -0.0857. The number of aromatic hydroxyl groups is 1. The zero-order valence-electron chi connectivity index (χ0n) is 16.5. The molecule has 0 spiro atoms. The zero-order valence-corrected chi connectivity index (χ0v) is 17.4. The summed E-state index contributed by atoms with van der Waals surface area (Å²) in [6.45, 7) is 4.73. The van der Waals surface area contributed by atoms with Crippen LogP contribution in [0.3, 0.4) is 0 Å². The SMILES string of the molecule is CC1CN(S(=O)(=O)c2ccc(C(=O)NCCc3cccc(O)c3)cc2)CC(C)O1. The average molecular weight is 419 g/mol. The molecule has 8 heteroatoms. The van der Waals surface area contributed by atoms with E-state index in [-0.39, 0.29) is 28.8 Å². The van der Waals surface area contributed by atoms with Gasteiger partial charge < -0.3 is 15.2 Å². The maximum Gasteiger partial charge on any atom is 0.251 e. The maximum absolute atomic E-state index is 12.9. The molecule has 0 aromatic heterocycles. The number of phenolic OH excluding ortho intramolecular Hbond substituents is 1. The Bertz CT molecular complexity index is 949. The van der Waals surface area contributed by atoms with Crippen molar-refractivity contribution >= 4 is 15.9 Å². The van der Waals surface area contributed by atoms with E-state index in [1.807, 2.05) is 19.9 Å². The number of morpholine rings is 1. The lowest BCUT2D eigenvalue weighted by Gasteiger charge is -2.34. The van der Waals surface area contributed by atoms with Crippen LogP contribution in [-0.4, -0.2) is 55.6 Å². The minimum atomic E-state index is -3.63. The molecular weight excluding hydrogens is 392 g/mol. The smallest absolute Gasteiger partial charge is 0.251 e. The highest BCUT2D eigenvalue weighted by atomic mass is 32.2. The third kappa shape index (κ3) is 5.35. The highest BCUT2D eigenvalue weighted by Crippen LogP contribution is 2.21. The van der Waals surface area contributed by atoms with Crippen LogP contribution in [0.15, 0.2) is 53.4 Å². The van der Waals surface area contributed by atoms with E-state index in [4.69, 9.17) is 4.74 Å². The summed E-state index contributed by atoms with van der Waals surface area (Å²) in [6, 6.07) is 12.8. The van der Waals surface area contributed by atoms with Gasteiger partial charge in [-0.25, -0.2) is 8.42 Å². The summed E-state index contributed by atoms with van der Waals surface area (Å²) in [6.07, 6.45) is 0.259. The number of benzene rings is 2. The fourth-order valence-corrected chi connectivity index (χ4v) is 4.98. The summed E-state index contributed by atoms with van der Waals surface area (Å²) in [4.78, 5) is 12.5. The number of hydrogen-bond donors (Lipinski definition) is 2. The Balaban J connectivity index is 1.61. The van der Waals surface area contributed by atoms with Crippen LogP contribution in [-0.2, 0) is 21.2 Å². The molecular formula is C21H26N2O5S. The second-order valence-corrected chi connectivity index (χ2v) is 9.22. The molecule has 2 N–H and O–H groups in total. The monoisotopic (exact) mass is 418 g/mol. The first-order chi connectivity index (χ1) is 13.8. The molecule has 1 aliphatic rings. The van der Waals surface area contributed by atoms with E-state index >= 15 is 0 Å². The van der Waals surface area contributed by atoms with Crippen LogP contribution < -0.4 is 5.32 Å². The summed E-state index contributed by atoms with van der Waals surface area (Å²) in [5, 5.41) is 12.3. The van der Waals surface area contributed by atoms with Gasteiger partial charge in [-0.3, -0.25) is 4.79 Å². The molecule has 0 aliphatic carbocycles. The normalized spacial score (nSPS) is 20.3. The molecule has 0 radical (unpaired) electrons. The standard InChI is InChI=1S/C21H26N2O5S/c1-15-13-23(14-16(2)28-15)29(26,27)20-8-6-18(7-9-20)21(25)22-11-10-17-4-3-5-19(24)12-17/h3-9,12,15-16,24H,10-11,13-14H2,1-2H3,(H,22,25). The molecule has 3 rings (SSSR count). The van der Waals surface area contributed by atoms with Gasteiger partial charge in [-0.15, -0.1) is 0 Å². The largest absolute Gasteiger partial charge is 0.508 e. The van der Waals surface area contributed by atoms with Crippen LogP contribution in [0.4, 0.5) is 0 Å². The van der Waals surface area contributed by atoms with Gasteiger partial charge in [0.1, 0.15) is 5.75 Å². The van der Waals surface area contributed by atoms with Crippen molar-refractivity contribution < 1.29 is 23.1 Å². The van der Waals surface area contributed by atoms with Crippen LogP contribution in [0.2, 0.25) is 0 Å². The topological polar surface area (TPSA) is 95.9 Å². The van der Waals surface area contributed by atoms with Crippen LogP contribution in [0, 0.1) is 0 Å². The molecule has 1 heterocycles. The minimum Gasteiger partial charge on any atom is -0.508 e. The quantitative estimate of drug-likeness (QED) is 0.750. The lowest BCUT2D eigenvalue weighted by atomic mass is 10.1. The Morgan fingerprint density at radius 1 is 1.14 bits per heavy atom. The first-order valence-electron chi connectivity index (χ1n) is 9.57. The maximum atomic E-state index is 12.9. The van der Waals surface area contributed by atoms with Crippen molar-refractivity contribution in [2.24, 2.45) is 0 Å². The number of hydrogen-bond acceptors (Lipinski definition) is 5. The van der Waals surface area contributed by atoms with Crippen molar-refractivity contribution in [2.45, 2.75) is 37.4 Å². The summed E-state index contributed by atoms with van der Waals surface area (Å²) >= 11 is 0. The van der Waals surface area contributed by atoms with Gasteiger partial charge in [-0.1, -0.05) is 12.1 Å². The van der Waals surface area contributed by atoms with Gasteiger partial charge in [0.2, 0.25) is 10.0 Å². The molecule has 1 saturated heterocycles. The lowest BCUT2D eigenvalue weighted by molar-refractivity contribution is -0.0440. The third-order valence-electron chi connectivity index (χ3n) is 4.75. The van der Waals surface area contributed by atoms with Crippen molar-refractivity contribution in [3.63, 3.8) is 0 Å². The summed E-state index contributed by atoms with van der Waals surface area (Å²) < 4.78 is 32.8. The Labute approximate surface area is 171 Å². The van der Waals surface area contributed by atoms with E-state index in [2.05, 4.69) is 5.32 Å². The van der Waals surface area contributed by atoms with Crippen molar-refractivity contribution in [1.29, 1.82) is 0 Å². The van der Waals surface area contributed by atoms with E-state index in [1.165, 1.54) is 28.6 Å². The molecule has 7 nitrogen and oxygen atoms in total. The number of amides is 1. The van der Waals surface area contributed by atoms with Crippen LogP contribution in [0.1, 0.15) is 29.8 Å². The summed E-state index contributed by atoms with van der Waals surface area (Å²) in [5.41, 5.74) is 1.31. The van der Waals surface area contributed by atoms with Gasteiger partial charge in [0.15, 0.2) is 0 Å². The lowest BCUT2D eigenvalue weighted by Crippen LogP contribution is -2.48. The molecule has 1 aliphatic heterocycles. The molecule has 2 atom stereocenters. The van der Waals surface area contributed by atoms with Gasteiger partial charge in [-0.05, 0) is 62.2 Å². The second-order valence-electron chi connectivity index (χ2n) is 7.28. The van der Waals surface area contributed by atoms with Gasteiger partial charge in [0, 0.05) is 25.2 Å². The second kappa shape index (κ2) is 8.94. The van der Waals surface area contributed by atoms with Crippen LogP contribution in [0.5, 0.6) is 5.75 Å². The third-order valence-corrected chi connectivity index (χ3v) is 6.60. The molecule has 1 fully saturated rings. The first kappa shape index (κ1) is 21.3. The zero-order chi connectivity index (χ0) is 21.0. The molecule has 2 aromatic rings. The fourth-order valence-electron chi connectivity index (χ4n) is 3.39. The molecule has 2 aromatic carbocycles. The van der Waals surface area contributed by atoms with E-state index in [9.17, 15) is 18.3 Å². The number of carbonyl (C=O) groups excluding carboxylic acids is 1. The molecule has 1 amide bonds. The first-order valence-corrected chi connectivity index (χ1v) is 11.0. The van der Waals surface area contributed by atoms with Crippen molar-refractivity contribution in [3.05, 3.63) is 59.7 Å². The number of phenols is 1. The molecule has 29 heavy (non-hydrogen) atoms. The van der Waals surface area contributed by atoms with Gasteiger partial charge in [0.25, 0.3) is 5.91 Å². The number of nitrogens with zero attached hydrogens (tertiary/aromatic N) is 1. The van der Waals surface area contributed by atoms with E-state index in [0.717, 1.165) is 5.56 Å². The van der Waals surface area contributed by atoms with Gasteiger partial charge in [-0.2, -0.15) is 4.31 Å². The van der Waals surface area contributed by atoms with E-state index in [1.54, 1.807) is 18.2 Å². The Hall–Kier alpha value is -2.42. The van der Waals surface area contributed by atoms with Crippen molar-refractivity contribution in [2.75, 3.05) is 19.6 Å². The average Bonchev–Trinajstić information content (AvgIpc) is 2.67. The van der Waals surface area contributed by atoms with Crippen molar-refractivity contribution in [1.82, 2.24) is 9.62 Å². The van der Waals surface area contributed by atoms with Crippen molar-refractivity contribution in [3.8, 4) is 5.75 Å². The summed E-state index contributed by atoms with van der Waals surface area (Å²) in [7, 11) is -3.63. The number of carbonyl (C=O) groups is 1. The minimum absolute atomic E-state index is 0.162.